The number of esters is 1. The van der Waals surface area contributed by atoms with E-state index < -0.39 is 5.97 Å². The largest absolute Gasteiger partial charge is 0.465 e. The normalized spacial score (nSPS) is 14.2. The topological polar surface area (TPSA) is 79.2 Å². The summed E-state index contributed by atoms with van der Waals surface area (Å²) in [6.45, 7) is 2.13. The summed E-state index contributed by atoms with van der Waals surface area (Å²) in [7, 11) is 1.31. The van der Waals surface area contributed by atoms with E-state index in [0.29, 0.717) is 42.3 Å². The number of carbonyl (C=O) groups excluding carboxylic acids is 2. The van der Waals surface area contributed by atoms with Gasteiger partial charge in [-0.05, 0) is 35.7 Å². The molecule has 0 unspecified atom stereocenters. The third kappa shape index (κ3) is 3.52. The molecule has 1 aliphatic rings. The number of urea groups is 1. The van der Waals surface area contributed by atoms with Crippen LogP contribution < -0.4 is 10.2 Å². The average Bonchev–Trinajstić information content (AvgIpc) is 3.48. The first-order valence-corrected chi connectivity index (χ1v) is 11.0. The number of carbonyl (C=O) groups is 2. The number of fused-ring (bicyclic) bond motifs is 3. The minimum absolute atomic E-state index is 0.269. The SMILES string of the molecule is COC(=O)c1sccc1NC(=O)N1CCN(c2nc3cc(F)ccc3n3cccc23)CC1. The molecule has 0 radical (unpaired) electrons. The summed E-state index contributed by atoms with van der Waals surface area (Å²) in [5.74, 6) is -0.0437. The summed E-state index contributed by atoms with van der Waals surface area (Å²) in [4.78, 5) is 33.5. The number of nitrogens with one attached hydrogen (secondary N) is 1. The van der Waals surface area contributed by atoms with Gasteiger partial charge in [-0.3, -0.25) is 0 Å². The molecular formula is C22H20FN5O3S. The molecule has 5 rings (SSSR count). The third-order valence-corrected chi connectivity index (χ3v) is 6.44. The number of benzene rings is 1. The zero-order valence-corrected chi connectivity index (χ0v) is 18.1. The molecule has 1 N–H and O–H groups in total. The number of piperazine rings is 1. The maximum absolute atomic E-state index is 13.8. The molecule has 0 spiro atoms. The monoisotopic (exact) mass is 453 g/mol. The van der Waals surface area contributed by atoms with Crippen LogP contribution in [-0.4, -0.2) is 59.6 Å². The molecule has 32 heavy (non-hydrogen) atoms. The lowest BCUT2D eigenvalue weighted by atomic mass is 10.2. The molecule has 2 amide bonds. The van der Waals surface area contributed by atoms with Crippen molar-refractivity contribution in [1.29, 1.82) is 0 Å². The van der Waals surface area contributed by atoms with Crippen LogP contribution in [0.25, 0.3) is 16.6 Å². The zero-order chi connectivity index (χ0) is 22.2. The van der Waals surface area contributed by atoms with Gasteiger partial charge in [-0.25, -0.2) is 19.0 Å². The van der Waals surface area contributed by atoms with E-state index in [1.54, 1.807) is 22.4 Å². The Morgan fingerprint density at radius 1 is 1.12 bits per heavy atom. The Kier molecular flexibility index (Phi) is 5.14. The molecule has 8 nitrogen and oxygen atoms in total. The fourth-order valence-corrected chi connectivity index (χ4v) is 4.71. The van der Waals surface area contributed by atoms with Crippen LogP contribution in [0, 0.1) is 5.82 Å². The molecule has 3 aromatic heterocycles. The number of amides is 2. The van der Waals surface area contributed by atoms with Crippen LogP contribution in [0.15, 0.2) is 48.0 Å². The van der Waals surface area contributed by atoms with Crippen molar-refractivity contribution in [2.75, 3.05) is 43.5 Å². The van der Waals surface area contributed by atoms with Crippen LogP contribution >= 0.6 is 11.3 Å². The highest BCUT2D eigenvalue weighted by Gasteiger charge is 2.25. The lowest BCUT2D eigenvalue weighted by Gasteiger charge is -2.35. The highest BCUT2D eigenvalue weighted by atomic mass is 32.1. The van der Waals surface area contributed by atoms with Crippen LogP contribution in [0.4, 0.5) is 20.7 Å². The van der Waals surface area contributed by atoms with Crippen molar-refractivity contribution >= 4 is 51.4 Å². The molecule has 0 aliphatic carbocycles. The molecule has 0 saturated carbocycles. The number of hydrogen-bond acceptors (Lipinski definition) is 6. The standard InChI is InChI=1S/C22H20FN5O3S/c1-31-21(29)19-15(6-12-32-19)25-22(30)27-10-8-26(9-11-27)20-18-3-2-7-28(18)17-5-4-14(23)13-16(17)24-20/h2-7,12-13H,8-11H2,1H3,(H,25,30). The number of methoxy groups -OCH3 is 1. The Labute approximate surface area is 186 Å². The van der Waals surface area contributed by atoms with E-state index >= 15 is 0 Å². The Morgan fingerprint density at radius 2 is 1.94 bits per heavy atom. The number of rotatable bonds is 3. The predicted octanol–water partition coefficient (Wildman–Crippen LogP) is 3.83. The van der Waals surface area contributed by atoms with E-state index in [9.17, 15) is 14.0 Å². The lowest BCUT2D eigenvalue weighted by molar-refractivity contribution is 0.0607. The van der Waals surface area contributed by atoms with Crippen molar-refractivity contribution in [3.63, 3.8) is 0 Å². The average molecular weight is 453 g/mol. The summed E-state index contributed by atoms with van der Waals surface area (Å²) in [5.41, 5.74) is 2.80. The molecule has 10 heteroatoms. The third-order valence-electron chi connectivity index (χ3n) is 5.55. The lowest BCUT2D eigenvalue weighted by Crippen LogP contribution is -2.50. The second-order valence-corrected chi connectivity index (χ2v) is 8.31. The zero-order valence-electron chi connectivity index (χ0n) is 17.2. The molecule has 0 atom stereocenters. The van der Waals surface area contributed by atoms with E-state index in [-0.39, 0.29) is 11.8 Å². The van der Waals surface area contributed by atoms with Crippen LogP contribution in [0.3, 0.4) is 0 Å². The Hall–Kier alpha value is -3.66. The molecule has 1 saturated heterocycles. The van der Waals surface area contributed by atoms with Gasteiger partial charge >= 0.3 is 12.0 Å². The van der Waals surface area contributed by atoms with Gasteiger partial charge in [0.1, 0.15) is 10.7 Å². The van der Waals surface area contributed by atoms with E-state index in [4.69, 9.17) is 9.72 Å². The van der Waals surface area contributed by atoms with E-state index in [1.807, 2.05) is 22.7 Å². The first-order chi connectivity index (χ1) is 15.5. The van der Waals surface area contributed by atoms with Crippen LogP contribution in [0.1, 0.15) is 9.67 Å². The molecule has 4 aromatic rings. The van der Waals surface area contributed by atoms with Gasteiger partial charge in [-0.15, -0.1) is 11.3 Å². The van der Waals surface area contributed by atoms with Gasteiger partial charge < -0.3 is 24.3 Å². The van der Waals surface area contributed by atoms with Crippen LogP contribution in [-0.2, 0) is 4.74 Å². The number of halogens is 1. The van der Waals surface area contributed by atoms with E-state index in [0.717, 1.165) is 16.9 Å². The number of ether oxygens (including phenoxy) is 1. The number of nitrogens with zero attached hydrogens (tertiary/aromatic N) is 4. The maximum atomic E-state index is 13.8. The number of thiophene rings is 1. The minimum atomic E-state index is -0.477. The molecule has 1 aliphatic heterocycles. The van der Waals surface area contributed by atoms with Gasteiger partial charge in [0, 0.05) is 38.4 Å². The van der Waals surface area contributed by atoms with Gasteiger partial charge in [-0.1, -0.05) is 0 Å². The Bertz CT molecular complexity index is 1330. The Balaban J connectivity index is 1.33. The van der Waals surface area contributed by atoms with Crippen molar-refractivity contribution in [2.45, 2.75) is 0 Å². The molecular weight excluding hydrogens is 433 g/mol. The molecule has 1 aromatic carbocycles. The van der Waals surface area contributed by atoms with Gasteiger partial charge in [0.2, 0.25) is 0 Å². The van der Waals surface area contributed by atoms with Gasteiger partial charge in [0.05, 0.1) is 29.3 Å². The van der Waals surface area contributed by atoms with Crippen LogP contribution in [0.5, 0.6) is 0 Å². The molecule has 1 fully saturated rings. The van der Waals surface area contributed by atoms with Gasteiger partial charge in [-0.2, -0.15) is 0 Å². The van der Waals surface area contributed by atoms with Gasteiger partial charge in [0.25, 0.3) is 0 Å². The quantitative estimate of drug-likeness (QED) is 0.477. The summed E-state index contributed by atoms with van der Waals surface area (Å²) in [6.07, 6.45) is 1.93. The van der Waals surface area contributed by atoms with E-state index in [1.165, 1.54) is 30.6 Å². The molecule has 4 heterocycles. The Morgan fingerprint density at radius 3 is 2.72 bits per heavy atom. The van der Waals surface area contributed by atoms with Crippen molar-refractivity contribution < 1.29 is 18.7 Å². The van der Waals surface area contributed by atoms with Crippen molar-refractivity contribution in [3.05, 3.63) is 58.7 Å². The number of anilines is 2. The van der Waals surface area contributed by atoms with Crippen molar-refractivity contribution in [3.8, 4) is 0 Å². The highest BCUT2D eigenvalue weighted by Crippen LogP contribution is 2.27. The van der Waals surface area contributed by atoms with Crippen molar-refractivity contribution in [1.82, 2.24) is 14.3 Å². The van der Waals surface area contributed by atoms with Crippen LogP contribution in [0.2, 0.25) is 0 Å². The summed E-state index contributed by atoms with van der Waals surface area (Å²) in [6, 6.07) is 9.93. The van der Waals surface area contributed by atoms with Crippen molar-refractivity contribution in [2.24, 2.45) is 0 Å². The smallest absolute Gasteiger partial charge is 0.350 e. The van der Waals surface area contributed by atoms with E-state index in [2.05, 4.69) is 10.2 Å². The number of aromatic nitrogens is 2. The summed E-state index contributed by atoms with van der Waals surface area (Å²) in [5, 5.41) is 4.54. The second-order valence-electron chi connectivity index (χ2n) is 7.39. The maximum Gasteiger partial charge on any atom is 0.350 e. The first-order valence-electron chi connectivity index (χ1n) is 10.1. The predicted molar refractivity (Wildman–Crippen MR) is 121 cm³/mol. The number of hydrogen-bond donors (Lipinski definition) is 1. The second kappa shape index (κ2) is 8.12. The highest BCUT2D eigenvalue weighted by molar-refractivity contribution is 7.12. The van der Waals surface area contributed by atoms with Gasteiger partial charge in [0.15, 0.2) is 5.82 Å². The molecule has 0 bridgehead atoms. The summed E-state index contributed by atoms with van der Waals surface area (Å²) >= 11 is 1.22. The fourth-order valence-electron chi connectivity index (χ4n) is 3.94. The molecule has 164 valence electrons. The fraction of sp³-hybridized carbons (Fsp3) is 0.227. The minimum Gasteiger partial charge on any atom is -0.465 e. The summed E-state index contributed by atoms with van der Waals surface area (Å²) < 4.78 is 20.6. The first kappa shape index (κ1) is 20.3.